The Labute approximate surface area is 168 Å². The summed E-state index contributed by atoms with van der Waals surface area (Å²) in [6, 6.07) is 15.6. The van der Waals surface area contributed by atoms with Gasteiger partial charge in [-0.1, -0.05) is 50.2 Å². The Kier molecular flexibility index (Phi) is 8.41. The Hall–Kier alpha value is -1.75. The normalized spacial score (nSPS) is 15.4. The zero-order valence-electron chi connectivity index (χ0n) is 15.2. The minimum Gasteiger partial charge on any atom is -0.398 e. The molecule has 1 amide bonds. The summed E-state index contributed by atoms with van der Waals surface area (Å²) in [5.41, 5.74) is 9.82. The summed E-state index contributed by atoms with van der Waals surface area (Å²) >= 11 is 0. The first-order chi connectivity index (χ1) is 11.7. The van der Waals surface area contributed by atoms with E-state index in [0.29, 0.717) is 6.54 Å². The number of anilines is 1. The van der Waals surface area contributed by atoms with Crippen LogP contribution >= 0.6 is 24.8 Å². The van der Waals surface area contributed by atoms with Crippen LogP contribution in [0.1, 0.15) is 41.4 Å². The molecule has 26 heavy (non-hydrogen) atoms. The van der Waals surface area contributed by atoms with Crippen LogP contribution in [0.25, 0.3) is 0 Å². The highest BCUT2D eigenvalue weighted by Crippen LogP contribution is 2.40. The van der Waals surface area contributed by atoms with Crippen LogP contribution < -0.4 is 5.73 Å². The second kappa shape index (κ2) is 9.81. The van der Waals surface area contributed by atoms with Gasteiger partial charge in [0.2, 0.25) is 0 Å². The molecule has 6 heteroatoms. The highest BCUT2D eigenvalue weighted by atomic mass is 35.5. The maximum atomic E-state index is 12.9. The maximum Gasteiger partial charge on any atom is 0.255 e. The first-order valence-corrected chi connectivity index (χ1v) is 8.64. The molecule has 2 aromatic rings. The van der Waals surface area contributed by atoms with Crippen LogP contribution in [0.15, 0.2) is 48.5 Å². The predicted octanol–water partition coefficient (Wildman–Crippen LogP) is 4.00. The molecule has 0 bridgehead atoms. The number of amides is 1. The van der Waals surface area contributed by atoms with Crippen molar-refractivity contribution in [1.82, 2.24) is 9.80 Å². The van der Waals surface area contributed by atoms with Crippen molar-refractivity contribution in [2.75, 3.05) is 31.9 Å². The largest absolute Gasteiger partial charge is 0.398 e. The zero-order valence-corrected chi connectivity index (χ0v) is 16.9. The Balaban J connectivity index is 0.00000169. The van der Waals surface area contributed by atoms with Crippen LogP contribution in [0.2, 0.25) is 0 Å². The fourth-order valence-electron chi connectivity index (χ4n) is 3.49. The number of benzene rings is 2. The molecule has 0 spiro atoms. The number of carbonyl (C=O) groups is 1. The van der Waals surface area contributed by atoms with E-state index in [9.17, 15) is 4.79 Å². The van der Waals surface area contributed by atoms with Crippen LogP contribution in [0.4, 0.5) is 5.69 Å². The summed E-state index contributed by atoms with van der Waals surface area (Å²) in [4.78, 5) is 17.2. The van der Waals surface area contributed by atoms with E-state index in [1.54, 1.807) is 0 Å². The van der Waals surface area contributed by atoms with E-state index < -0.39 is 0 Å². The molecule has 4 nitrogen and oxygen atoms in total. The lowest BCUT2D eigenvalue weighted by atomic mass is 9.96. The van der Waals surface area contributed by atoms with Gasteiger partial charge in [-0.15, -0.1) is 24.8 Å². The number of nitrogens with zero attached hydrogens (tertiary/aromatic N) is 2. The molecule has 2 aromatic carbocycles. The molecule has 0 saturated heterocycles. The van der Waals surface area contributed by atoms with E-state index in [-0.39, 0.29) is 36.8 Å². The Morgan fingerprint density at radius 1 is 0.962 bits per heavy atom. The average Bonchev–Trinajstić information content (AvgIpc) is 2.89. The zero-order chi connectivity index (χ0) is 17.1. The van der Waals surface area contributed by atoms with E-state index >= 15 is 0 Å². The molecular formula is C20H27Cl2N3O. The van der Waals surface area contributed by atoms with Gasteiger partial charge in [-0.3, -0.25) is 4.79 Å². The van der Waals surface area contributed by atoms with E-state index in [4.69, 9.17) is 5.73 Å². The number of halogens is 2. The molecule has 0 aromatic heterocycles. The molecule has 0 saturated carbocycles. The number of rotatable bonds is 6. The lowest BCUT2D eigenvalue weighted by Gasteiger charge is -2.29. The van der Waals surface area contributed by atoms with Gasteiger partial charge in [-0.05, 0) is 30.8 Å². The van der Waals surface area contributed by atoms with Crippen LogP contribution in [-0.4, -0.2) is 41.9 Å². The summed E-state index contributed by atoms with van der Waals surface area (Å²) in [5, 5.41) is 0. The third-order valence-electron chi connectivity index (χ3n) is 4.90. The highest BCUT2D eigenvalue weighted by Gasteiger charge is 2.37. The van der Waals surface area contributed by atoms with Gasteiger partial charge in [0.25, 0.3) is 5.91 Å². The molecule has 1 aliphatic heterocycles. The number of nitrogen functional groups attached to an aromatic ring is 1. The maximum absolute atomic E-state index is 12.9. The number of hydrogen-bond acceptors (Lipinski definition) is 3. The molecule has 142 valence electrons. The molecule has 2 N–H and O–H groups in total. The SMILES string of the molecule is CCN(CC)CCN1C(=O)c2ccccc2C1c1ccccc1N.Cl.Cl. The first-order valence-electron chi connectivity index (χ1n) is 8.64. The fourth-order valence-corrected chi connectivity index (χ4v) is 3.49. The van der Waals surface area contributed by atoms with Gasteiger partial charge in [0.05, 0.1) is 6.04 Å². The van der Waals surface area contributed by atoms with Crippen molar-refractivity contribution in [1.29, 1.82) is 0 Å². The summed E-state index contributed by atoms with van der Waals surface area (Å²) in [7, 11) is 0. The number of hydrogen-bond donors (Lipinski definition) is 1. The smallest absolute Gasteiger partial charge is 0.255 e. The molecule has 3 rings (SSSR count). The average molecular weight is 396 g/mol. The Morgan fingerprint density at radius 2 is 1.54 bits per heavy atom. The van der Waals surface area contributed by atoms with Crippen LogP contribution in [0.5, 0.6) is 0 Å². The lowest BCUT2D eigenvalue weighted by Crippen LogP contribution is -2.37. The molecule has 1 aliphatic rings. The summed E-state index contributed by atoms with van der Waals surface area (Å²) in [5.74, 6) is 0.103. The fraction of sp³-hybridized carbons (Fsp3) is 0.350. The van der Waals surface area contributed by atoms with Gasteiger partial charge in [-0.2, -0.15) is 0 Å². The first kappa shape index (κ1) is 22.3. The van der Waals surface area contributed by atoms with E-state index in [1.807, 2.05) is 53.4 Å². The number of likely N-dealkylation sites (N-methyl/N-ethyl adjacent to an activating group) is 1. The molecule has 1 unspecified atom stereocenters. The molecule has 1 heterocycles. The number of carbonyl (C=O) groups excluding carboxylic acids is 1. The quantitative estimate of drug-likeness (QED) is 0.751. The third-order valence-corrected chi connectivity index (χ3v) is 4.90. The van der Waals surface area contributed by atoms with Gasteiger partial charge in [0, 0.05) is 29.9 Å². The topological polar surface area (TPSA) is 49.6 Å². The second-order valence-corrected chi connectivity index (χ2v) is 6.14. The molecule has 0 radical (unpaired) electrons. The van der Waals surface area contributed by atoms with Crippen molar-refractivity contribution < 1.29 is 4.79 Å². The minimum absolute atomic E-state index is 0. The van der Waals surface area contributed by atoms with E-state index in [0.717, 1.165) is 42.0 Å². The van der Waals surface area contributed by atoms with Crippen molar-refractivity contribution in [2.24, 2.45) is 0 Å². The molecule has 1 atom stereocenters. The van der Waals surface area contributed by atoms with Crippen LogP contribution in [-0.2, 0) is 0 Å². The Morgan fingerprint density at radius 3 is 2.15 bits per heavy atom. The molecule has 0 aliphatic carbocycles. The van der Waals surface area contributed by atoms with Crippen LogP contribution in [0, 0.1) is 0 Å². The van der Waals surface area contributed by atoms with Crippen LogP contribution in [0.3, 0.4) is 0 Å². The summed E-state index contributed by atoms with van der Waals surface area (Å²) < 4.78 is 0. The van der Waals surface area contributed by atoms with Gasteiger partial charge < -0.3 is 15.5 Å². The van der Waals surface area contributed by atoms with Gasteiger partial charge in [0.15, 0.2) is 0 Å². The number of fused-ring (bicyclic) bond motifs is 1. The number of nitrogens with two attached hydrogens (primary N) is 1. The van der Waals surface area contributed by atoms with E-state index in [1.165, 1.54) is 0 Å². The lowest BCUT2D eigenvalue weighted by molar-refractivity contribution is 0.0730. The standard InChI is InChI=1S/C20H25N3O.2ClH/c1-3-22(4-2)13-14-23-19(17-11-7-8-12-18(17)21)15-9-5-6-10-16(15)20(23)24;;/h5-12,19H,3-4,13-14,21H2,1-2H3;2*1H. The van der Waals surface area contributed by atoms with E-state index in [2.05, 4.69) is 18.7 Å². The number of para-hydroxylation sites is 1. The van der Waals surface area contributed by atoms with Crippen molar-refractivity contribution in [3.8, 4) is 0 Å². The highest BCUT2D eigenvalue weighted by molar-refractivity contribution is 6.00. The second-order valence-electron chi connectivity index (χ2n) is 6.14. The van der Waals surface area contributed by atoms with Gasteiger partial charge in [0.1, 0.15) is 0 Å². The van der Waals surface area contributed by atoms with Crippen molar-refractivity contribution >= 4 is 36.4 Å². The van der Waals surface area contributed by atoms with Gasteiger partial charge in [-0.25, -0.2) is 0 Å². The van der Waals surface area contributed by atoms with Crippen molar-refractivity contribution in [2.45, 2.75) is 19.9 Å². The summed E-state index contributed by atoms with van der Waals surface area (Å²) in [6.07, 6.45) is 0. The predicted molar refractivity (Wildman–Crippen MR) is 112 cm³/mol. The Bertz CT molecular complexity index is 735. The summed E-state index contributed by atoms with van der Waals surface area (Å²) in [6.45, 7) is 7.85. The monoisotopic (exact) mass is 395 g/mol. The van der Waals surface area contributed by atoms with Crippen molar-refractivity contribution in [3.05, 3.63) is 65.2 Å². The minimum atomic E-state index is -0.0922. The molecular weight excluding hydrogens is 369 g/mol. The van der Waals surface area contributed by atoms with Gasteiger partial charge >= 0.3 is 0 Å². The molecule has 0 fully saturated rings. The third kappa shape index (κ3) is 4.14. The van der Waals surface area contributed by atoms with Crippen molar-refractivity contribution in [3.63, 3.8) is 0 Å².